The largest absolute Gasteiger partial charge is 0.481 e. The molecule has 7 N–H and O–H groups in total. The molecule has 0 aromatic rings. The van der Waals surface area contributed by atoms with Gasteiger partial charge in [0.25, 0.3) is 0 Å². The fourth-order valence-corrected chi connectivity index (χ4v) is 1.79. The lowest BCUT2D eigenvalue weighted by atomic mass is 10.1. The Morgan fingerprint density at radius 2 is 1.46 bits per heavy atom. The van der Waals surface area contributed by atoms with Gasteiger partial charge >= 0.3 is 17.9 Å². The summed E-state index contributed by atoms with van der Waals surface area (Å²) in [6, 6.07) is -4.10. The highest BCUT2D eigenvalue weighted by Crippen LogP contribution is 1.99. The lowest BCUT2D eigenvalue weighted by Crippen LogP contribution is -2.55. The van der Waals surface area contributed by atoms with Crippen molar-refractivity contribution in [2.45, 2.75) is 37.4 Å². The molecule has 0 saturated carbocycles. The van der Waals surface area contributed by atoms with Crippen LogP contribution in [0.1, 0.15) is 19.3 Å². The molecule has 0 bridgehead atoms. The van der Waals surface area contributed by atoms with Crippen molar-refractivity contribution in [1.82, 2.24) is 10.6 Å². The highest BCUT2D eigenvalue weighted by Gasteiger charge is 2.28. The van der Waals surface area contributed by atoms with Crippen molar-refractivity contribution in [2.75, 3.05) is 5.75 Å². The quantitative estimate of drug-likeness (QED) is 0.196. The zero-order valence-electron chi connectivity index (χ0n) is 12.5. The molecule has 0 rings (SSSR count). The number of nitrogens with two attached hydrogens (primary N) is 1. The molecule has 24 heavy (non-hydrogen) atoms. The van der Waals surface area contributed by atoms with Crippen LogP contribution in [-0.4, -0.2) is 68.9 Å². The van der Waals surface area contributed by atoms with Gasteiger partial charge in [-0.05, 0) is 6.42 Å². The van der Waals surface area contributed by atoms with Crippen LogP contribution in [0.4, 0.5) is 0 Å². The number of amides is 2. The van der Waals surface area contributed by atoms with Gasteiger partial charge in [-0.15, -0.1) is 0 Å². The molecule has 0 heterocycles. The Bertz CT molecular complexity index is 513. The van der Waals surface area contributed by atoms with Crippen LogP contribution in [-0.2, 0) is 24.0 Å². The Morgan fingerprint density at radius 3 is 1.88 bits per heavy atom. The summed E-state index contributed by atoms with van der Waals surface area (Å²) in [6.45, 7) is 0. The third-order valence-corrected chi connectivity index (χ3v) is 3.18. The molecule has 11 nitrogen and oxygen atoms in total. The molecule has 0 saturated heterocycles. The molecule has 0 radical (unpaired) electrons. The van der Waals surface area contributed by atoms with E-state index in [1.165, 1.54) is 0 Å². The fraction of sp³-hybridized carbons (Fsp3) is 0.583. The summed E-state index contributed by atoms with van der Waals surface area (Å²) in [7, 11) is 0. The lowest BCUT2D eigenvalue weighted by molar-refractivity contribution is -0.147. The normalized spacial score (nSPS) is 14.1. The van der Waals surface area contributed by atoms with Crippen molar-refractivity contribution in [2.24, 2.45) is 5.73 Å². The average Bonchev–Trinajstić information content (AvgIpc) is 2.48. The minimum Gasteiger partial charge on any atom is -0.481 e. The van der Waals surface area contributed by atoms with Gasteiger partial charge in [-0.25, -0.2) is 4.79 Å². The minimum absolute atomic E-state index is 0.154. The van der Waals surface area contributed by atoms with Gasteiger partial charge in [0.15, 0.2) is 0 Å². The number of hydrogen-bond acceptors (Lipinski definition) is 7. The first-order valence-corrected chi connectivity index (χ1v) is 7.35. The van der Waals surface area contributed by atoms with E-state index in [1.54, 1.807) is 0 Å². The topological polar surface area (TPSA) is 196 Å². The maximum Gasteiger partial charge on any atom is 0.326 e. The number of hydrogen-bond donors (Lipinski definition) is 7. The molecule has 0 aromatic heterocycles. The van der Waals surface area contributed by atoms with Gasteiger partial charge in [0, 0.05) is 12.2 Å². The zero-order chi connectivity index (χ0) is 18.9. The molecule has 3 atom stereocenters. The lowest BCUT2D eigenvalue weighted by Gasteiger charge is -2.21. The van der Waals surface area contributed by atoms with Crippen LogP contribution in [0, 0.1) is 0 Å². The predicted molar refractivity (Wildman–Crippen MR) is 82.4 cm³/mol. The summed E-state index contributed by atoms with van der Waals surface area (Å²) in [5, 5.41) is 30.2. The summed E-state index contributed by atoms with van der Waals surface area (Å²) in [4.78, 5) is 55.6. The van der Waals surface area contributed by atoms with E-state index < -0.39 is 54.3 Å². The number of aliphatic carboxylic acids is 3. The highest BCUT2D eigenvalue weighted by molar-refractivity contribution is 7.80. The molecule has 0 spiro atoms. The molecule has 136 valence electrons. The summed E-state index contributed by atoms with van der Waals surface area (Å²) in [5.41, 5.74) is 5.48. The average molecular weight is 365 g/mol. The predicted octanol–water partition coefficient (Wildman–Crippen LogP) is -2.36. The third-order valence-electron chi connectivity index (χ3n) is 2.81. The number of carboxylic acids is 3. The van der Waals surface area contributed by atoms with E-state index in [0.717, 1.165) is 0 Å². The Labute approximate surface area is 142 Å². The summed E-state index contributed by atoms with van der Waals surface area (Å²) in [6.07, 6.45) is -1.34. The van der Waals surface area contributed by atoms with E-state index in [9.17, 15) is 24.0 Å². The number of nitrogens with one attached hydrogen (secondary N) is 2. The molecule has 3 unspecified atom stereocenters. The van der Waals surface area contributed by atoms with Crippen molar-refractivity contribution >= 4 is 42.4 Å². The van der Waals surface area contributed by atoms with Crippen LogP contribution >= 0.6 is 12.6 Å². The second-order valence-electron chi connectivity index (χ2n) is 4.78. The Balaban J connectivity index is 4.73. The SMILES string of the molecule is NC(CCC(=O)O)C(=O)NC(CS)C(=O)NC(CC(=O)O)C(=O)O. The van der Waals surface area contributed by atoms with Crippen LogP contribution in [0.3, 0.4) is 0 Å². The summed E-state index contributed by atoms with van der Waals surface area (Å²) >= 11 is 3.85. The number of thiol groups is 1. The van der Waals surface area contributed by atoms with Crippen molar-refractivity contribution < 1.29 is 39.3 Å². The maximum atomic E-state index is 11.9. The molecular formula is C12H19N3O8S. The zero-order valence-corrected chi connectivity index (χ0v) is 13.4. The van der Waals surface area contributed by atoms with Crippen LogP contribution < -0.4 is 16.4 Å². The molecule has 0 aliphatic carbocycles. The van der Waals surface area contributed by atoms with Crippen LogP contribution in [0.2, 0.25) is 0 Å². The first kappa shape index (κ1) is 21.7. The standard InChI is InChI=1S/C12H19N3O8S/c13-5(1-2-8(16)17)10(20)15-7(4-24)11(21)14-6(12(22)23)3-9(18)19/h5-7,24H,1-4,13H2,(H,14,21)(H,15,20)(H,16,17)(H,18,19)(H,22,23). The summed E-state index contributed by atoms with van der Waals surface area (Å²) in [5.74, 6) is -6.08. The van der Waals surface area contributed by atoms with Crippen LogP contribution in [0.25, 0.3) is 0 Å². The molecular weight excluding hydrogens is 346 g/mol. The first-order chi connectivity index (χ1) is 11.1. The van der Waals surface area contributed by atoms with E-state index in [2.05, 4.69) is 17.9 Å². The van der Waals surface area contributed by atoms with Crippen molar-refractivity contribution in [3.05, 3.63) is 0 Å². The van der Waals surface area contributed by atoms with Crippen LogP contribution in [0.15, 0.2) is 0 Å². The van der Waals surface area contributed by atoms with Gasteiger partial charge in [0.2, 0.25) is 11.8 Å². The second kappa shape index (κ2) is 10.4. The molecule has 0 aromatic carbocycles. The maximum absolute atomic E-state index is 11.9. The van der Waals surface area contributed by atoms with E-state index in [0.29, 0.717) is 0 Å². The Hall–Kier alpha value is -2.34. The van der Waals surface area contributed by atoms with Crippen molar-refractivity contribution in [1.29, 1.82) is 0 Å². The molecule has 2 amide bonds. The Kier molecular flexibility index (Phi) is 9.42. The number of carbonyl (C=O) groups excluding carboxylic acids is 2. The van der Waals surface area contributed by atoms with Gasteiger partial charge in [-0.2, -0.15) is 12.6 Å². The van der Waals surface area contributed by atoms with Crippen molar-refractivity contribution in [3.8, 4) is 0 Å². The van der Waals surface area contributed by atoms with Gasteiger partial charge in [-0.3, -0.25) is 19.2 Å². The van der Waals surface area contributed by atoms with E-state index in [1.807, 2.05) is 5.32 Å². The van der Waals surface area contributed by atoms with Crippen molar-refractivity contribution in [3.63, 3.8) is 0 Å². The second-order valence-corrected chi connectivity index (χ2v) is 5.15. The smallest absolute Gasteiger partial charge is 0.326 e. The van der Waals surface area contributed by atoms with E-state index in [4.69, 9.17) is 21.1 Å². The monoisotopic (exact) mass is 365 g/mol. The number of carbonyl (C=O) groups is 5. The van der Waals surface area contributed by atoms with Crippen LogP contribution in [0.5, 0.6) is 0 Å². The number of rotatable bonds is 11. The molecule has 0 fully saturated rings. The number of carboxylic acid groups (broad SMARTS) is 3. The van der Waals surface area contributed by atoms with Gasteiger partial charge in [0.1, 0.15) is 12.1 Å². The van der Waals surface area contributed by atoms with E-state index in [-0.39, 0.29) is 18.6 Å². The first-order valence-electron chi connectivity index (χ1n) is 6.72. The summed E-state index contributed by atoms with van der Waals surface area (Å²) < 4.78 is 0. The fourth-order valence-electron chi connectivity index (χ4n) is 1.53. The minimum atomic E-state index is -1.67. The Morgan fingerprint density at radius 1 is 0.917 bits per heavy atom. The highest BCUT2D eigenvalue weighted by atomic mass is 32.1. The van der Waals surface area contributed by atoms with Gasteiger partial charge in [0.05, 0.1) is 12.5 Å². The molecule has 0 aliphatic heterocycles. The molecule has 0 aliphatic rings. The van der Waals surface area contributed by atoms with Gasteiger partial charge < -0.3 is 31.7 Å². The van der Waals surface area contributed by atoms with E-state index >= 15 is 0 Å². The molecule has 12 heteroatoms. The third kappa shape index (κ3) is 8.33. The van der Waals surface area contributed by atoms with Gasteiger partial charge in [-0.1, -0.05) is 0 Å².